The molecule has 1 saturated carbocycles. The molecule has 1 aliphatic carbocycles. The van der Waals surface area contributed by atoms with Gasteiger partial charge in [-0.3, -0.25) is 0 Å². The number of ether oxygens (including phenoxy) is 2. The van der Waals surface area contributed by atoms with Crippen molar-refractivity contribution in [2.75, 3.05) is 0 Å². The average Bonchev–Trinajstić information content (AvgIpc) is 2.62. The largest absolute Gasteiger partial charge is 0.374 e. The molecule has 0 spiro atoms. The second kappa shape index (κ2) is 9.14. The summed E-state index contributed by atoms with van der Waals surface area (Å²) in [6, 6.07) is 16.7. The van der Waals surface area contributed by atoms with Crippen LogP contribution in [-0.2, 0) is 22.7 Å². The normalized spacial score (nSPS) is 20.9. The van der Waals surface area contributed by atoms with Crippen LogP contribution in [0.3, 0.4) is 0 Å². The Morgan fingerprint density at radius 1 is 0.625 bits per heavy atom. The maximum atomic E-state index is 6.06. The van der Waals surface area contributed by atoms with Crippen molar-refractivity contribution in [1.82, 2.24) is 0 Å². The smallest absolute Gasteiger partial charge is 0.0720 e. The van der Waals surface area contributed by atoms with E-state index < -0.39 is 0 Å². The summed E-state index contributed by atoms with van der Waals surface area (Å²) in [4.78, 5) is 0. The fourth-order valence-electron chi connectivity index (χ4n) is 2.95. The molecular formula is C20H22Br2O2. The minimum Gasteiger partial charge on any atom is -0.374 e. The zero-order valence-electron chi connectivity index (χ0n) is 13.6. The number of rotatable bonds is 6. The maximum Gasteiger partial charge on any atom is 0.0720 e. The maximum absolute atomic E-state index is 6.06. The summed E-state index contributed by atoms with van der Waals surface area (Å²) in [7, 11) is 0. The third kappa shape index (κ3) is 5.69. The van der Waals surface area contributed by atoms with Crippen molar-refractivity contribution in [3.63, 3.8) is 0 Å². The topological polar surface area (TPSA) is 18.5 Å². The lowest BCUT2D eigenvalue weighted by atomic mass is 9.95. The number of hydrogen-bond acceptors (Lipinski definition) is 2. The van der Waals surface area contributed by atoms with Crippen LogP contribution in [0.5, 0.6) is 0 Å². The van der Waals surface area contributed by atoms with Crippen LogP contribution in [0.15, 0.2) is 57.5 Å². The van der Waals surface area contributed by atoms with Crippen LogP contribution in [-0.4, -0.2) is 12.2 Å². The fourth-order valence-corrected chi connectivity index (χ4v) is 3.48. The summed E-state index contributed by atoms with van der Waals surface area (Å²) in [6.45, 7) is 1.39. The molecule has 0 heterocycles. The number of hydrogen-bond donors (Lipinski definition) is 0. The van der Waals surface area contributed by atoms with E-state index in [-0.39, 0.29) is 0 Å². The van der Waals surface area contributed by atoms with Crippen molar-refractivity contribution < 1.29 is 9.47 Å². The van der Waals surface area contributed by atoms with Crippen LogP contribution in [0, 0.1) is 0 Å². The van der Waals surface area contributed by atoms with E-state index in [1.165, 1.54) is 11.1 Å². The minimum atomic E-state index is 0.362. The summed E-state index contributed by atoms with van der Waals surface area (Å²) >= 11 is 6.92. The quantitative estimate of drug-likeness (QED) is 0.514. The Kier molecular flexibility index (Phi) is 6.90. The van der Waals surface area contributed by atoms with Gasteiger partial charge in [0.25, 0.3) is 0 Å². The van der Waals surface area contributed by atoms with Gasteiger partial charge in [0.15, 0.2) is 0 Å². The Balaban J connectivity index is 1.36. The first kappa shape index (κ1) is 18.1. The van der Waals surface area contributed by atoms with Crippen LogP contribution >= 0.6 is 31.9 Å². The third-order valence-corrected chi connectivity index (χ3v) is 5.48. The molecule has 3 rings (SSSR count). The van der Waals surface area contributed by atoms with Crippen molar-refractivity contribution in [1.29, 1.82) is 0 Å². The molecule has 2 nitrogen and oxygen atoms in total. The van der Waals surface area contributed by atoms with Gasteiger partial charge in [-0.15, -0.1) is 0 Å². The number of halogens is 2. The molecule has 24 heavy (non-hydrogen) atoms. The first-order valence-corrected chi connectivity index (χ1v) is 10.00. The van der Waals surface area contributed by atoms with Crippen molar-refractivity contribution in [3.8, 4) is 0 Å². The van der Waals surface area contributed by atoms with E-state index in [0.29, 0.717) is 25.4 Å². The van der Waals surface area contributed by atoms with E-state index in [2.05, 4.69) is 80.4 Å². The van der Waals surface area contributed by atoms with Gasteiger partial charge >= 0.3 is 0 Å². The molecule has 0 saturated heterocycles. The minimum absolute atomic E-state index is 0.362. The molecule has 0 radical (unpaired) electrons. The molecule has 0 amide bonds. The molecule has 0 bridgehead atoms. The second-order valence-corrected chi connectivity index (χ2v) is 8.11. The molecule has 0 aliphatic heterocycles. The van der Waals surface area contributed by atoms with Crippen LogP contribution in [0.2, 0.25) is 0 Å². The molecule has 0 N–H and O–H groups in total. The second-order valence-electron chi connectivity index (χ2n) is 6.27. The van der Waals surface area contributed by atoms with Crippen molar-refractivity contribution in [3.05, 3.63) is 68.6 Å². The lowest BCUT2D eigenvalue weighted by Gasteiger charge is -2.28. The Morgan fingerprint density at radius 3 is 1.29 bits per heavy atom. The van der Waals surface area contributed by atoms with Crippen LogP contribution in [0.1, 0.15) is 36.8 Å². The highest BCUT2D eigenvalue weighted by Crippen LogP contribution is 2.25. The van der Waals surface area contributed by atoms with Crippen LogP contribution in [0.25, 0.3) is 0 Å². The summed E-state index contributed by atoms with van der Waals surface area (Å²) < 4.78 is 14.3. The molecule has 0 unspecified atom stereocenters. The molecule has 128 valence electrons. The molecule has 1 aliphatic rings. The van der Waals surface area contributed by atoms with Gasteiger partial charge in [-0.25, -0.2) is 0 Å². The average molecular weight is 454 g/mol. The van der Waals surface area contributed by atoms with E-state index in [1.807, 2.05) is 0 Å². The van der Waals surface area contributed by atoms with Gasteiger partial charge in [0, 0.05) is 8.95 Å². The molecule has 0 atom stereocenters. The summed E-state index contributed by atoms with van der Waals surface area (Å²) in [5, 5.41) is 0. The first-order valence-electron chi connectivity index (χ1n) is 8.41. The van der Waals surface area contributed by atoms with E-state index in [1.54, 1.807) is 0 Å². The first-order chi connectivity index (χ1) is 11.7. The SMILES string of the molecule is Brc1ccc(COC2CCC(OCc3ccc(Br)cc3)CC2)cc1. The predicted octanol–water partition coefficient (Wildman–Crippen LogP) is 6.26. The van der Waals surface area contributed by atoms with Gasteiger partial charge in [0.05, 0.1) is 25.4 Å². The summed E-state index contributed by atoms with van der Waals surface area (Å²) in [6.07, 6.45) is 5.06. The van der Waals surface area contributed by atoms with Gasteiger partial charge in [0.2, 0.25) is 0 Å². The van der Waals surface area contributed by atoms with Crippen molar-refractivity contribution >= 4 is 31.9 Å². The van der Waals surface area contributed by atoms with Gasteiger partial charge in [-0.2, -0.15) is 0 Å². The van der Waals surface area contributed by atoms with E-state index in [4.69, 9.17) is 9.47 Å². The van der Waals surface area contributed by atoms with E-state index in [0.717, 1.165) is 34.6 Å². The molecule has 0 aromatic heterocycles. The zero-order valence-corrected chi connectivity index (χ0v) is 16.8. The van der Waals surface area contributed by atoms with Gasteiger partial charge in [-0.1, -0.05) is 56.1 Å². The van der Waals surface area contributed by atoms with Crippen molar-refractivity contribution in [2.45, 2.75) is 51.1 Å². The summed E-state index contributed by atoms with van der Waals surface area (Å²) in [5.74, 6) is 0. The van der Waals surface area contributed by atoms with E-state index in [9.17, 15) is 0 Å². The fraction of sp³-hybridized carbons (Fsp3) is 0.400. The summed E-state index contributed by atoms with van der Waals surface area (Å²) in [5.41, 5.74) is 2.46. The lowest BCUT2D eigenvalue weighted by Crippen LogP contribution is -2.26. The van der Waals surface area contributed by atoms with Gasteiger partial charge in [-0.05, 0) is 61.1 Å². The van der Waals surface area contributed by atoms with E-state index >= 15 is 0 Å². The molecule has 4 heteroatoms. The Labute approximate surface area is 160 Å². The molecule has 2 aromatic rings. The van der Waals surface area contributed by atoms with Gasteiger partial charge in [0.1, 0.15) is 0 Å². The van der Waals surface area contributed by atoms with Gasteiger partial charge < -0.3 is 9.47 Å². The Bertz CT molecular complexity index is 560. The zero-order chi connectivity index (χ0) is 16.8. The van der Waals surface area contributed by atoms with Crippen LogP contribution in [0.4, 0.5) is 0 Å². The highest BCUT2D eigenvalue weighted by atomic mass is 79.9. The molecule has 1 fully saturated rings. The van der Waals surface area contributed by atoms with Crippen molar-refractivity contribution in [2.24, 2.45) is 0 Å². The number of benzene rings is 2. The third-order valence-electron chi connectivity index (χ3n) is 4.42. The highest BCUT2D eigenvalue weighted by molar-refractivity contribution is 9.10. The predicted molar refractivity (Wildman–Crippen MR) is 104 cm³/mol. The lowest BCUT2D eigenvalue weighted by molar-refractivity contribution is -0.0419. The Morgan fingerprint density at radius 2 is 0.958 bits per heavy atom. The standard InChI is InChI=1S/C20H22Br2O2/c21-17-5-1-15(2-6-17)13-23-19-9-11-20(12-10-19)24-14-16-3-7-18(22)8-4-16/h1-8,19-20H,9-14H2. The molecule has 2 aromatic carbocycles. The Hall–Kier alpha value is -0.680. The van der Waals surface area contributed by atoms with Crippen LogP contribution < -0.4 is 0 Å². The molecular weight excluding hydrogens is 432 g/mol. The highest BCUT2D eigenvalue weighted by Gasteiger charge is 2.22. The monoisotopic (exact) mass is 452 g/mol.